The van der Waals surface area contributed by atoms with Crippen LogP contribution in [0.5, 0.6) is 0 Å². The number of benzene rings is 18. The van der Waals surface area contributed by atoms with Crippen LogP contribution in [0.1, 0.15) is 50.1 Å². The maximum atomic E-state index is 9.99. The quantitative estimate of drug-likeness (QED) is 0.134. The van der Waals surface area contributed by atoms with Gasteiger partial charge in [0.25, 0.3) is 0 Å². The highest BCUT2D eigenvalue weighted by molar-refractivity contribution is 7.26. The molecule has 24 aromatic rings. The summed E-state index contributed by atoms with van der Waals surface area (Å²) >= 11 is 5.40. The van der Waals surface area contributed by atoms with Crippen LogP contribution in [0.4, 0.5) is 0 Å². The van der Waals surface area contributed by atoms with Crippen molar-refractivity contribution in [2.45, 2.75) is 0 Å². The van der Waals surface area contributed by atoms with Gasteiger partial charge in [0.2, 0.25) is 0 Å². The van der Waals surface area contributed by atoms with E-state index >= 15 is 0 Å². The molecule has 24 rings (SSSR count). The molecule has 0 saturated heterocycles. The minimum absolute atomic E-state index is 0.563. The summed E-state index contributed by atoms with van der Waals surface area (Å²) in [6.07, 6.45) is 0. The average molecular weight is 1730 g/mol. The predicted molar refractivity (Wildman–Crippen MR) is 536 cm³/mol. The lowest BCUT2D eigenvalue weighted by atomic mass is 9.94. The van der Waals surface area contributed by atoms with Crippen LogP contribution in [-0.2, 0) is 0 Å². The zero-order valence-corrected chi connectivity index (χ0v) is 72.2. The van der Waals surface area contributed by atoms with E-state index in [-0.39, 0.29) is 0 Å². The molecule has 0 aliphatic heterocycles. The van der Waals surface area contributed by atoms with Crippen molar-refractivity contribution in [1.29, 1.82) is 47.4 Å². The third-order valence-corrected chi connectivity index (χ3v) is 28.2. The van der Waals surface area contributed by atoms with E-state index in [1.165, 1.54) is 60.5 Å². The molecule has 606 valence electrons. The van der Waals surface area contributed by atoms with Crippen LogP contribution in [0.2, 0.25) is 0 Å². The van der Waals surface area contributed by atoms with E-state index in [0.717, 1.165) is 149 Å². The molecule has 6 heterocycles. The standard InChI is InChI=1S/3C39H20N4S/c40-21-24-4-3-5-27(14-24)29-17-30(28-10-13-39-35(20-28)32-6-1-2-7-38(32)44-39)19-31(18-29)43-36-11-8-25(22-41)15-33(36)34-16-26(23-42)9-12-37(34)43;40-21-24-9-12-36-33(15-24)34-16-25(22-41)10-13-37(34)43(36)30-18-28(17-29(19-30)31-6-2-1-5-27(31)23-42)26-11-14-39-35(20-26)32-7-3-4-8-38(32)44-39;40-21-24-5-9-27(10-6-24)29-17-30(28-11-14-39-35(20-28)32-3-1-2-4-38(32)44-39)19-31(18-29)43-36-12-7-25(22-41)15-33(36)34-16-26(23-42)8-13-37(34)43/h3*1-20H. The minimum Gasteiger partial charge on any atom is -0.309 e. The number of nitriles is 9. The van der Waals surface area contributed by atoms with Crippen molar-refractivity contribution in [3.8, 4) is 138 Å². The number of rotatable bonds is 9. The molecule has 0 amide bonds. The molecule has 0 radical (unpaired) electrons. The third-order valence-electron chi connectivity index (χ3n) is 24.8. The predicted octanol–water partition coefficient (Wildman–Crippen LogP) is 30.3. The maximum absolute atomic E-state index is 9.99. The van der Waals surface area contributed by atoms with Crippen molar-refractivity contribution in [1.82, 2.24) is 13.7 Å². The van der Waals surface area contributed by atoms with Crippen molar-refractivity contribution in [3.63, 3.8) is 0 Å². The Morgan fingerprint density at radius 2 is 0.424 bits per heavy atom. The highest BCUT2D eigenvalue weighted by atomic mass is 32.1. The first-order chi connectivity index (χ1) is 64.9. The molecule has 0 unspecified atom stereocenters. The van der Waals surface area contributed by atoms with Gasteiger partial charge in [-0.15, -0.1) is 34.0 Å². The molecular weight excluding hydrogens is 1670 g/mol. The van der Waals surface area contributed by atoms with E-state index in [9.17, 15) is 47.4 Å². The Bertz CT molecular complexity index is 9300. The number of thiophene rings is 3. The largest absolute Gasteiger partial charge is 0.309 e. The molecule has 0 saturated carbocycles. The van der Waals surface area contributed by atoms with Crippen LogP contribution < -0.4 is 0 Å². The number of nitrogens with zero attached hydrogens (tertiary/aromatic N) is 12. The van der Waals surface area contributed by atoms with Gasteiger partial charge >= 0.3 is 0 Å². The molecule has 0 N–H and O–H groups in total. The molecule has 0 aliphatic rings. The van der Waals surface area contributed by atoms with Crippen molar-refractivity contribution in [3.05, 3.63) is 414 Å². The molecule has 15 heteroatoms. The van der Waals surface area contributed by atoms with Gasteiger partial charge in [-0.2, -0.15) is 47.4 Å². The fourth-order valence-electron chi connectivity index (χ4n) is 18.6. The summed E-state index contributed by atoms with van der Waals surface area (Å²) in [6.45, 7) is 0. The Hall–Kier alpha value is -18.6. The summed E-state index contributed by atoms with van der Waals surface area (Å²) in [5.41, 5.74) is 25.9. The van der Waals surface area contributed by atoms with Gasteiger partial charge in [-0.25, -0.2) is 0 Å². The van der Waals surface area contributed by atoms with Gasteiger partial charge in [-0.05, 0) is 315 Å². The van der Waals surface area contributed by atoms with Gasteiger partial charge in [-0.1, -0.05) is 115 Å². The van der Waals surface area contributed by atoms with E-state index < -0.39 is 0 Å². The van der Waals surface area contributed by atoms with E-state index in [1.54, 1.807) is 34.0 Å². The average Bonchev–Trinajstić information content (AvgIpc) is 1.59. The van der Waals surface area contributed by atoms with Gasteiger partial charge in [0, 0.05) is 110 Å². The first kappa shape index (κ1) is 79.3. The Balaban J connectivity index is 0.000000116. The molecule has 0 atom stereocenters. The number of hydrogen-bond donors (Lipinski definition) is 0. The fraction of sp³-hybridized carbons (Fsp3) is 0. The number of fused-ring (bicyclic) bond motifs is 18. The monoisotopic (exact) mass is 1730 g/mol. The highest BCUT2D eigenvalue weighted by Crippen LogP contribution is 2.46. The third kappa shape index (κ3) is 13.9. The molecule has 0 bridgehead atoms. The van der Waals surface area contributed by atoms with Crippen molar-refractivity contribution >= 4 is 160 Å². The highest BCUT2D eigenvalue weighted by Gasteiger charge is 2.23. The van der Waals surface area contributed by atoms with Crippen LogP contribution in [0.15, 0.2) is 364 Å². The number of hydrogen-bond acceptors (Lipinski definition) is 12. The minimum atomic E-state index is 0.563. The zero-order valence-electron chi connectivity index (χ0n) is 69.7. The first-order valence-electron chi connectivity index (χ1n) is 42.3. The van der Waals surface area contributed by atoms with E-state index in [2.05, 4.69) is 250 Å². The molecule has 6 aromatic heterocycles. The van der Waals surface area contributed by atoms with Crippen LogP contribution >= 0.6 is 34.0 Å². The second kappa shape index (κ2) is 32.8. The van der Waals surface area contributed by atoms with Crippen molar-refractivity contribution in [2.24, 2.45) is 0 Å². The molecule has 0 fully saturated rings. The lowest BCUT2D eigenvalue weighted by molar-refractivity contribution is 1.18. The lowest BCUT2D eigenvalue weighted by Gasteiger charge is -2.15. The summed E-state index contributed by atoms with van der Waals surface area (Å²) in [4.78, 5) is 0. The second-order valence-electron chi connectivity index (χ2n) is 32.3. The maximum Gasteiger partial charge on any atom is 0.0998 e. The molecule has 0 aliphatic carbocycles. The van der Waals surface area contributed by atoms with E-state index in [4.69, 9.17) is 0 Å². The normalized spacial score (nSPS) is 11.1. The van der Waals surface area contributed by atoms with Gasteiger partial charge < -0.3 is 13.7 Å². The van der Waals surface area contributed by atoms with E-state index in [1.807, 2.05) is 182 Å². The molecule has 12 nitrogen and oxygen atoms in total. The van der Waals surface area contributed by atoms with Gasteiger partial charge in [0.1, 0.15) is 0 Å². The van der Waals surface area contributed by atoms with Gasteiger partial charge in [0.15, 0.2) is 0 Å². The van der Waals surface area contributed by atoms with Crippen LogP contribution in [0.3, 0.4) is 0 Å². The van der Waals surface area contributed by atoms with Crippen LogP contribution in [0.25, 0.3) is 210 Å². The molecule has 132 heavy (non-hydrogen) atoms. The Labute approximate surface area is 767 Å². The van der Waals surface area contributed by atoms with Crippen LogP contribution in [-0.4, -0.2) is 13.7 Å². The SMILES string of the molecule is N#Cc1ccc(-c2cc(-c3ccc4sc5ccccc5c4c3)cc(-n3c4ccc(C#N)cc4c4cc(C#N)ccc43)c2)cc1.N#Cc1ccc2c(c1)c1cc(C#N)ccc1n2-c1cc(-c2ccc3sc4ccccc4c3c2)cc(-c2ccccc2C#N)c1.N#Cc1cccc(-c2cc(-c3ccc4sc5ccccc5c4c3)cc(-n3c4ccc(C#N)cc4c4cc(C#N)ccc43)c2)c1. The molecule has 18 aromatic carbocycles. The smallest absolute Gasteiger partial charge is 0.0998 e. The second-order valence-corrected chi connectivity index (χ2v) is 35.6. The fourth-order valence-corrected chi connectivity index (χ4v) is 21.8. The van der Waals surface area contributed by atoms with Gasteiger partial charge in [0.05, 0.1) is 138 Å². The Morgan fingerprint density at radius 3 is 0.758 bits per heavy atom. The molecular formula is C117H60N12S3. The summed E-state index contributed by atoms with van der Waals surface area (Å²) in [7, 11) is 0. The summed E-state index contributed by atoms with van der Waals surface area (Å²) in [5, 5.41) is 99.9. The molecule has 0 spiro atoms. The van der Waals surface area contributed by atoms with Crippen LogP contribution in [0, 0.1) is 102 Å². The van der Waals surface area contributed by atoms with Gasteiger partial charge in [-0.3, -0.25) is 0 Å². The summed E-state index contributed by atoms with van der Waals surface area (Å²) in [6, 6.07) is 143. The lowest BCUT2D eigenvalue weighted by Crippen LogP contribution is -1.97. The Kier molecular flexibility index (Phi) is 19.7. The van der Waals surface area contributed by atoms with Crippen molar-refractivity contribution < 1.29 is 0 Å². The van der Waals surface area contributed by atoms with Crippen molar-refractivity contribution in [2.75, 3.05) is 0 Å². The first-order valence-corrected chi connectivity index (χ1v) is 44.7. The summed E-state index contributed by atoms with van der Waals surface area (Å²) in [5.74, 6) is 0. The summed E-state index contributed by atoms with van der Waals surface area (Å²) < 4.78 is 14.1. The zero-order chi connectivity index (χ0) is 89.4. The van der Waals surface area contributed by atoms with E-state index in [0.29, 0.717) is 50.1 Å². The Morgan fingerprint density at radius 1 is 0.159 bits per heavy atom. The topological polar surface area (TPSA) is 229 Å². The number of aromatic nitrogens is 3.